The SMILES string of the molecule is C=C(C)CNc1ncc(Br)cn1. The highest BCUT2D eigenvalue weighted by Gasteiger charge is 1.93. The highest BCUT2D eigenvalue weighted by Crippen LogP contribution is 2.06. The summed E-state index contributed by atoms with van der Waals surface area (Å²) < 4.78 is 0.878. The van der Waals surface area contributed by atoms with Gasteiger partial charge in [-0.25, -0.2) is 9.97 Å². The van der Waals surface area contributed by atoms with Crippen molar-refractivity contribution < 1.29 is 0 Å². The van der Waals surface area contributed by atoms with Gasteiger partial charge in [0, 0.05) is 18.9 Å². The molecule has 0 amide bonds. The van der Waals surface area contributed by atoms with E-state index < -0.39 is 0 Å². The smallest absolute Gasteiger partial charge is 0.222 e. The summed E-state index contributed by atoms with van der Waals surface area (Å²) in [5.74, 6) is 0.626. The summed E-state index contributed by atoms with van der Waals surface area (Å²) in [7, 11) is 0. The molecule has 0 atom stereocenters. The van der Waals surface area contributed by atoms with Crippen LogP contribution in [0, 0.1) is 0 Å². The summed E-state index contributed by atoms with van der Waals surface area (Å²) in [6, 6.07) is 0. The van der Waals surface area contributed by atoms with Crippen LogP contribution < -0.4 is 5.32 Å². The number of rotatable bonds is 3. The minimum atomic E-state index is 0.626. The molecule has 0 fully saturated rings. The zero-order valence-electron chi connectivity index (χ0n) is 6.84. The number of aromatic nitrogens is 2. The maximum atomic E-state index is 4.04. The fourth-order valence-electron chi connectivity index (χ4n) is 0.634. The van der Waals surface area contributed by atoms with E-state index in [4.69, 9.17) is 0 Å². The molecule has 1 aromatic rings. The predicted octanol–water partition coefficient (Wildman–Crippen LogP) is 2.23. The van der Waals surface area contributed by atoms with Crippen LogP contribution in [0.25, 0.3) is 0 Å². The first kappa shape index (κ1) is 9.19. The summed E-state index contributed by atoms with van der Waals surface area (Å²) >= 11 is 3.26. The van der Waals surface area contributed by atoms with Gasteiger partial charge in [-0.2, -0.15) is 0 Å². The van der Waals surface area contributed by atoms with Crippen molar-refractivity contribution in [2.45, 2.75) is 6.92 Å². The Bertz CT molecular complexity index is 268. The van der Waals surface area contributed by atoms with E-state index in [1.54, 1.807) is 12.4 Å². The van der Waals surface area contributed by atoms with Gasteiger partial charge in [0.25, 0.3) is 0 Å². The Labute approximate surface area is 80.1 Å². The van der Waals surface area contributed by atoms with Crippen molar-refractivity contribution in [1.82, 2.24) is 9.97 Å². The minimum absolute atomic E-state index is 0.626. The van der Waals surface area contributed by atoms with E-state index in [0.717, 1.165) is 10.0 Å². The van der Waals surface area contributed by atoms with Crippen LogP contribution in [0.15, 0.2) is 29.0 Å². The van der Waals surface area contributed by atoms with E-state index in [0.29, 0.717) is 12.5 Å². The molecule has 0 aliphatic heterocycles. The first-order chi connectivity index (χ1) is 5.68. The van der Waals surface area contributed by atoms with E-state index in [9.17, 15) is 0 Å². The van der Waals surface area contributed by atoms with Gasteiger partial charge in [0.1, 0.15) is 0 Å². The molecular formula is C8H10BrN3. The van der Waals surface area contributed by atoms with Gasteiger partial charge in [0.05, 0.1) is 4.47 Å². The normalized spacial score (nSPS) is 9.50. The van der Waals surface area contributed by atoms with Crippen molar-refractivity contribution in [1.29, 1.82) is 0 Å². The van der Waals surface area contributed by atoms with E-state index in [-0.39, 0.29) is 0 Å². The molecule has 0 aliphatic carbocycles. The number of anilines is 1. The molecule has 0 bridgehead atoms. The highest BCUT2D eigenvalue weighted by molar-refractivity contribution is 9.10. The second-order valence-electron chi connectivity index (χ2n) is 2.54. The van der Waals surface area contributed by atoms with Gasteiger partial charge >= 0.3 is 0 Å². The lowest BCUT2D eigenvalue weighted by atomic mass is 10.3. The molecule has 0 radical (unpaired) electrons. The monoisotopic (exact) mass is 227 g/mol. The Balaban J connectivity index is 2.53. The lowest BCUT2D eigenvalue weighted by Crippen LogP contribution is -2.05. The number of nitrogens with zero attached hydrogens (tertiary/aromatic N) is 2. The van der Waals surface area contributed by atoms with Crippen LogP contribution in [-0.4, -0.2) is 16.5 Å². The average Bonchev–Trinajstić information content (AvgIpc) is 2.03. The molecule has 4 heteroatoms. The second kappa shape index (κ2) is 4.21. The van der Waals surface area contributed by atoms with Crippen molar-refractivity contribution in [2.75, 3.05) is 11.9 Å². The van der Waals surface area contributed by atoms with Gasteiger partial charge < -0.3 is 5.32 Å². The minimum Gasteiger partial charge on any atom is -0.351 e. The Hall–Kier alpha value is -0.900. The van der Waals surface area contributed by atoms with Crippen LogP contribution in [0.1, 0.15) is 6.92 Å². The lowest BCUT2D eigenvalue weighted by Gasteiger charge is -2.02. The molecule has 3 nitrogen and oxygen atoms in total. The van der Waals surface area contributed by atoms with Gasteiger partial charge in [-0.1, -0.05) is 12.2 Å². The van der Waals surface area contributed by atoms with E-state index in [1.807, 2.05) is 6.92 Å². The Morgan fingerprint density at radius 1 is 1.58 bits per heavy atom. The number of nitrogens with one attached hydrogen (secondary N) is 1. The van der Waals surface area contributed by atoms with Crippen molar-refractivity contribution in [3.8, 4) is 0 Å². The maximum absolute atomic E-state index is 4.04. The van der Waals surface area contributed by atoms with E-state index in [2.05, 4.69) is 37.8 Å². The number of halogens is 1. The standard InChI is InChI=1S/C8H10BrN3/c1-6(2)3-10-8-11-4-7(9)5-12-8/h4-5H,1,3H2,2H3,(H,10,11,12). The fraction of sp³-hybridized carbons (Fsp3) is 0.250. The molecule has 0 saturated heterocycles. The molecule has 64 valence electrons. The molecule has 0 saturated carbocycles. The topological polar surface area (TPSA) is 37.8 Å². The van der Waals surface area contributed by atoms with Crippen LogP contribution in [0.3, 0.4) is 0 Å². The van der Waals surface area contributed by atoms with Crippen LogP contribution in [0.2, 0.25) is 0 Å². The van der Waals surface area contributed by atoms with Crippen LogP contribution >= 0.6 is 15.9 Å². The van der Waals surface area contributed by atoms with Gasteiger partial charge in [-0.15, -0.1) is 0 Å². The first-order valence-electron chi connectivity index (χ1n) is 3.54. The van der Waals surface area contributed by atoms with Crippen LogP contribution in [0.4, 0.5) is 5.95 Å². The summed E-state index contributed by atoms with van der Waals surface area (Å²) in [5, 5.41) is 3.03. The maximum Gasteiger partial charge on any atom is 0.222 e. The fourth-order valence-corrected chi connectivity index (χ4v) is 0.838. The summed E-state index contributed by atoms with van der Waals surface area (Å²) in [4.78, 5) is 8.08. The lowest BCUT2D eigenvalue weighted by molar-refractivity contribution is 1.08. The second-order valence-corrected chi connectivity index (χ2v) is 3.45. The molecule has 1 rings (SSSR count). The van der Waals surface area contributed by atoms with E-state index >= 15 is 0 Å². The van der Waals surface area contributed by atoms with Crippen molar-refractivity contribution in [3.05, 3.63) is 29.0 Å². The summed E-state index contributed by atoms with van der Waals surface area (Å²) in [5.41, 5.74) is 1.06. The molecule has 12 heavy (non-hydrogen) atoms. The molecule has 0 unspecified atom stereocenters. The first-order valence-corrected chi connectivity index (χ1v) is 4.33. The third-order valence-corrected chi connectivity index (χ3v) is 1.58. The molecule has 0 aliphatic rings. The third-order valence-electron chi connectivity index (χ3n) is 1.17. The molecule has 1 aromatic heterocycles. The third kappa shape index (κ3) is 3.00. The summed E-state index contributed by atoms with van der Waals surface area (Å²) in [6.45, 7) is 6.42. The Morgan fingerprint density at radius 3 is 2.67 bits per heavy atom. The Morgan fingerprint density at radius 2 is 2.17 bits per heavy atom. The van der Waals surface area contributed by atoms with Crippen molar-refractivity contribution >= 4 is 21.9 Å². The van der Waals surface area contributed by atoms with Crippen molar-refractivity contribution in [3.63, 3.8) is 0 Å². The van der Waals surface area contributed by atoms with Gasteiger partial charge in [-0.3, -0.25) is 0 Å². The molecule has 1 heterocycles. The predicted molar refractivity (Wildman–Crippen MR) is 53.0 cm³/mol. The molecular weight excluding hydrogens is 218 g/mol. The molecule has 1 N–H and O–H groups in total. The zero-order valence-corrected chi connectivity index (χ0v) is 8.43. The van der Waals surface area contributed by atoms with Gasteiger partial charge in [-0.05, 0) is 22.9 Å². The number of hydrogen-bond acceptors (Lipinski definition) is 3. The molecule has 0 aromatic carbocycles. The average molecular weight is 228 g/mol. The summed E-state index contributed by atoms with van der Waals surface area (Å²) in [6.07, 6.45) is 3.40. The highest BCUT2D eigenvalue weighted by atomic mass is 79.9. The zero-order chi connectivity index (χ0) is 8.97. The molecule has 0 spiro atoms. The van der Waals surface area contributed by atoms with Gasteiger partial charge in [0.2, 0.25) is 5.95 Å². The van der Waals surface area contributed by atoms with Crippen LogP contribution in [-0.2, 0) is 0 Å². The van der Waals surface area contributed by atoms with Gasteiger partial charge in [0.15, 0.2) is 0 Å². The Kier molecular flexibility index (Phi) is 3.22. The number of hydrogen-bond donors (Lipinski definition) is 1. The van der Waals surface area contributed by atoms with E-state index in [1.165, 1.54) is 0 Å². The van der Waals surface area contributed by atoms with Crippen LogP contribution in [0.5, 0.6) is 0 Å². The quantitative estimate of drug-likeness (QED) is 0.806. The largest absolute Gasteiger partial charge is 0.351 e. The van der Waals surface area contributed by atoms with Crippen molar-refractivity contribution in [2.24, 2.45) is 0 Å².